The summed E-state index contributed by atoms with van der Waals surface area (Å²) in [5, 5.41) is 17.8. The van der Waals surface area contributed by atoms with Crippen LogP contribution in [0.5, 0.6) is 0 Å². The maximum atomic E-state index is 13.5. The summed E-state index contributed by atoms with van der Waals surface area (Å²) in [5.41, 5.74) is 1.23. The highest BCUT2D eigenvalue weighted by Crippen LogP contribution is 2.28. The molecule has 1 aromatic carbocycles. The van der Waals surface area contributed by atoms with Crippen LogP contribution in [0.15, 0.2) is 42.6 Å². The van der Waals surface area contributed by atoms with Crippen LogP contribution < -0.4 is 10.2 Å². The zero-order valence-corrected chi connectivity index (χ0v) is 15.2. The Labute approximate surface area is 160 Å². The molecule has 1 aliphatic rings. The number of carbonyl (C=O) groups is 1. The van der Waals surface area contributed by atoms with E-state index in [-0.39, 0.29) is 11.9 Å². The van der Waals surface area contributed by atoms with E-state index in [1.54, 1.807) is 41.4 Å². The van der Waals surface area contributed by atoms with Crippen LogP contribution in [0.3, 0.4) is 0 Å². The summed E-state index contributed by atoms with van der Waals surface area (Å²) in [4.78, 5) is 19.5. The van der Waals surface area contributed by atoms with Crippen molar-refractivity contribution >= 4 is 23.3 Å². The molecule has 1 saturated heterocycles. The van der Waals surface area contributed by atoms with Crippen LogP contribution >= 0.6 is 11.6 Å². The first-order valence-corrected chi connectivity index (χ1v) is 9.10. The summed E-state index contributed by atoms with van der Waals surface area (Å²) in [5.74, 6) is 0.754. The Morgan fingerprint density at radius 3 is 2.93 bits per heavy atom. The average Bonchev–Trinajstić information content (AvgIpc) is 3.25. The first-order valence-electron chi connectivity index (χ1n) is 8.73. The minimum Gasteiger partial charge on any atom is -0.315 e. The Bertz CT molecular complexity index is 925. The fraction of sp³-hybridized carbons (Fsp3) is 0.278. The van der Waals surface area contributed by atoms with Gasteiger partial charge in [0.1, 0.15) is 0 Å². The number of pyridine rings is 1. The smallest absolute Gasteiger partial charge is 0.259 e. The second-order valence-corrected chi connectivity index (χ2v) is 6.71. The van der Waals surface area contributed by atoms with Gasteiger partial charge in [-0.1, -0.05) is 23.7 Å². The lowest BCUT2D eigenvalue weighted by Gasteiger charge is -2.34. The van der Waals surface area contributed by atoms with Gasteiger partial charge in [0.2, 0.25) is 5.82 Å². The zero-order chi connectivity index (χ0) is 18.6. The van der Waals surface area contributed by atoms with Crippen LogP contribution in [0.1, 0.15) is 23.2 Å². The number of hydrogen-bond acceptors (Lipinski definition) is 6. The van der Waals surface area contributed by atoms with Crippen molar-refractivity contribution in [3.05, 3.63) is 53.2 Å². The van der Waals surface area contributed by atoms with E-state index in [0.717, 1.165) is 19.4 Å². The second-order valence-electron chi connectivity index (χ2n) is 6.30. The lowest BCUT2D eigenvalue weighted by molar-refractivity contribution is 0.0971. The first kappa shape index (κ1) is 17.6. The van der Waals surface area contributed by atoms with Gasteiger partial charge in [0.05, 0.1) is 11.1 Å². The van der Waals surface area contributed by atoms with Crippen LogP contribution in [0.2, 0.25) is 5.02 Å². The van der Waals surface area contributed by atoms with Crippen LogP contribution in [0.25, 0.3) is 11.4 Å². The van der Waals surface area contributed by atoms with Crippen molar-refractivity contribution in [2.45, 2.75) is 18.9 Å². The molecule has 0 radical (unpaired) electrons. The molecule has 27 heavy (non-hydrogen) atoms. The molecule has 1 amide bonds. The van der Waals surface area contributed by atoms with E-state index in [2.05, 4.69) is 30.9 Å². The van der Waals surface area contributed by atoms with Gasteiger partial charge in [-0.25, -0.2) is 4.98 Å². The Morgan fingerprint density at radius 2 is 2.19 bits per heavy atom. The number of carbonyl (C=O) groups excluding carboxylic acids is 1. The third kappa shape index (κ3) is 3.67. The minimum absolute atomic E-state index is 0.0209. The molecule has 0 bridgehead atoms. The van der Waals surface area contributed by atoms with Crippen molar-refractivity contribution in [3.63, 3.8) is 0 Å². The van der Waals surface area contributed by atoms with E-state index < -0.39 is 0 Å². The SMILES string of the molecule is O=C(c1cccc(-c2nn[nH]n2)c1)N(c1ncccc1Cl)[C@@H]1CCCNC1. The number of amides is 1. The molecule has 3 aromatic rings. The van der Waals surface area contributed by atoms with E-state index >= 15 is 0 Å². The molecular weight excluding hydrogens is 366 g/mol. The highest BCUT2D eigenvalue weighted by molar-refractivity contribution is 6.33. The van der Waals surface area contributed by atoms with Gasteiger partial charge in [-0.3, -0.25) is 9.69 Å². The van der Waals surface area contributed by atoms with Gasteiger partial charge >= 0.3 is 0 Å². The molecule has 1 fully saturated rings. The summed E-state index contributed by atoms with van der Waals surface area (Å²) in [6, 6.07) is 10.6. The number of anilines is 1. The Kier molecular flexibility index (Phi) is 5.08. The van der Waals surface area contributed by atoms with Crippen molar-refractivity contribution in [1.29, 1.82) is 0 Å². The number of aromatic nitrogens is 5. The van der Waals surface area contributed by atoms with Crippen molar-refractivity contribution < 1.29 is 4.79 Å². The molecule has 1 atom stereocenters. The van der Waals surface area contributed by atoms with Crippen LogP contribution in [-0.4, -0.2) is 50.6 Å². The number of piperidine rings is 1. The number of tetrazole rings is 1. The summed E-state index contributed by atoms with van der Waals surface area (Å²) in [6.07, 6.45) is 3.52. The minimum atomic E-state index is -0.158. The van der Waals surface area contributed by atoms with Crippen molar-refractivity contribution in [2.24, 2.45) is 0 Å². The molecule has 8 nitrogen and oxygen atoms in total. The van der Waals surface area contributed by atoms with E-state index in [9.17, 15) is 4.79 Å². The van der Waals surface area contributed by atoms with Gasteiger partial charge in [-0.05, 0) is 48.9 Å². The molecule has 1 aliphatic heterocycles. The summed E-state index contributed by atoms with van der Waals surface area (Å²) in [7, 11) is 0. The Hall–Kier alpha value is -2.84. The molecule has 0 spiro atoms. The predicted molar refractivity (Wildman–Crippen MR) is 102 cm³/mol. The zero-order valence-electron chi connectivity index (χ0n) is 14.5. The summed E-state index contributed by atoms with van der Waals surface area (Å²) >= 11 is 6.37. The molecule has 0 unspecified atom stereocenters. The molecule has 138 valence electrons. The Morgan fingerprint density at radius 1 is 1.26 bits per heavy atom. The molecule has 2 N–H and O–H groups in total. The fourth-order valence-electron chi connectivity index (χ4n) is 3.26. The van der Waals surface area contributed by atoms with Crippen molar-refractivity contribution in [3.8, 4) is 11.4 Å². The van der Waals surface area contributed by atoms with E-state index in [1.807, 2.05) is 6.07 Å². The average molecular weight is 384 g/mol. The predicted octanol–water partition coefficient (Wildman–Crippen LogP) is 2.31. The van der Waals surface area contributed by atoms with Gasteiger partial charge in [0.25, 0.3) is 5.91 Å². The van der Waals surface area contributed by atoms with Gasteiger partial charge in [0, 0.05) is 23.9 Å². The molecule has 0 aliphatic carbocycles. The number of benzene rings is 1. The number of nitrogens with one attached hydrogen (secondary N) is 2. The van der Waals surface area contributed by atoms with Gasteiger partial charge < -0.3 is 5.32 Å². The van der Waals surface area contributed by atoms with Gasteiger partial charge in [0.15, 0.2) is 5.82 Å². The monoisotopic (exact) mass is 383 g/mol. The molecule has 4 rings (SSSR count). The van der Waals surface area contributed by atoms with Crippen molar-refractivity contribution in [1.82, 2.24) is 30.9 Å². The summed E-state index contributed by atoms with van der Waals surface area (Å²) < 4.78 is 0. The maximum absolute atomic E-state index is 13.5. The van der Waals surface area contributed by atoms with Crippen LogP contribution in [-0.2, 0) is 0 Å². The van der Waals surface area contributed by atoms with Gasteiger partial charge in [-0.2, -0.15) is 5.21 Å². The fourth-order valence-corrected chi connectivity index (χ4v) is 3.47. The number of halogens is 1. The third-order valence-corrected chi connectivity index (χ3v) is 4.83. The Balaban J connectivity index is 1.73. The highest BCUT2D eigenvalue weighted by Gasteiger charge is 2.30. The molecular formula is C18H18ClN7O. The molecule has 9 heteroatoms. The highest BCUT2D eigenvalue weighted by atomic mass is 35.5. The van der Waals surface area contributed by atoms with E-state index in [4.69, 9.17) is 11.6 Å². The number of nitrogens with zero attached hydrogens (tertiary/aromatic N) is 5. The van der Waals surface area contributed by atoms with E-state index in [1.165, 1.54) is 0 Å². The van der Waals surface area contributed by atoms with E-state index in [0.29, 0.717) is 34.3 Å². The lowest BCUT2D eigenvalue weighted by Crippen LogP contribution is -2.49. The molecule has 3 heterocycles. The third-order valence-electron chi connectivity index (χ3n) is 4.54. The lowest BCUT2D eigenvalue weighted by atomic mass is 10.0. The van der Waals surface area contributed by atoms with Crippen molar-refractivity contribution in [2.75, 3.05) is 18.0 Å². The van der Waals surface area contributed by atoms with Gasteiger partial charge in [-0.15, -0.1) is 10.2 Å². The number of rotatable bonds is 4. The van der Waals surface area contributed by atoms with Crippen LogP contribution in [0.4, 0.5) is 5.82 Å². The normalized spacial score (nSPS) is 16.9. The topological polar surface area (TPSA) is 99.7 Å². The number of aromatic amines is 1. The van der Waals surface area contributed by atoms with Crippen LogP contribution in [0, 0.1) is 0 Å². The maximum Gasteiger partial charge on any atom is 0.259 e. The quantitative estimate of drug-likeness (QED) is 0.717. The largest absolute Gasteiger partial charge is 0.315 e. The second kappa shape index (κ2) is 7.81. The standard InChI is InChI=1S/C18H18ClN7O/c19-15-7-3-9-21-17(15)26(14-6-2-8-20-11-14)18(27)13-5-1-4-12(10-13)16-22-24-25-23-16/h1,3-5,7,9-10,14,20H,2,6,8,11H2,(H,22,23,24,25)/t14-/m1/s1. The number of H-pyrrole nitrogens is 1. The summed E-state index contributed by atoms with van der Waals surface area (Å²) in [6.45, 7) is 1.64. The first-order chi connectivity index (χ1) is 13.2. The molecule has 0 saturated carbocycles. The number of hydrogen-bond donors (Lipinski definition) is 2. The molecule has 2 aromatic heterocycles.